The van der Waals surface area contributed by atoms with E-state index in [0.717, 1.165) is 13.0 Å². The van der Waals surface area contributed by atoms with Crippen LogP contribution in [0.3, 0.4) is 0 Å². The van der Waals surface area contributed by atoms with Crippen LogP contribution < -0.4 is 0 Å². The first-order chi connectivity index (χ1) is 8.86. The molecule has 0 saturated carbocycles. The molecule has 0 unspecified atom stereocenters. The van der Waals surface area contributed by atoms with E-state index in [9.17, 15) is 19.2 Å². The normalized spacial score (nSPS) is 13.4. The Morgan fingerprint density at radius 3 is 2.00 bits per heavy atom. The lowest BCUT2D eigenvalue weighted by atomic mass is 10.2. The molecule has 0 heterocycles. The molecular weight excluding hydrogens is 256 g/mol. The van der Waals surface area contributed by atoms with Gasteiger partial charge in [0, 0.05) is 20.8 Å². The molecule has 0 fully saturated rings. The minimum Gasteiger partial charge on any atom is -0.462 e. The van der Waals surface area contributed by atoms with Crippen LogP contribution in [0.1, 0.15) is 20.8 Å². The zero-order valence-corrected chi connectivity index (χ0v) is 11.0. The number of ether oxygens (including phenoxy) is 3. The van der Waals surface area contributed by atoms with Crippen molar-refractivity contribution in [2.45, 2.75) is 33.0 Å². The van der Waals surface area contributed by atoms with Crippen molar-refractivity contribution in [1.29, 1.82) is 0 Å². The van der Waals surface area contributed by atoms with E-state index in [-0.39, 0.29) is 6.61 Å². The van der Waals surface area contributed by atoms with E-state index in [1.54, 1.807) is 0 Å². The summed E-state index contributed by atoms with van der Waals surface area (Å²) in [6.45, 7) is 3.23. The highest BCUT2D eigenvalue weighted by Crippen LogP contribution is 2.09. The minimum absolute atomic E-state index is 0.282. The first-order valence-electron chi connectivity index (χ1n) is 5.46. The summed E-state index contributed by atoms with van der Waals surface area (Å²) in [5, 5.41) is 0. The molecule has 106 valence electrons. The number of carbonyl (C=O) groups is 4. The van der Waals surface area contributed by atoms with E-state index < -0.39 is 30.1 Å². The Morgan fingerprint density at radius 2 is 1.58 bits per heavy atom. The Labute approximate surface area is 110 Å². The quantitative estimate of drug-likeness (QED) is 0.282. The third-order valence-electron chi connectivity index (χ3n) is 1.82. The monoisotopic (exact) mass is 272 g/mol. The second-order valence-corrected chi connectivity index (χ2v) is 3.55. The largest absolute Gasteiger partial charge is 0.462 e. The van der Waals surface area contributed by atoms with E-state index in [1.807, 2.05) is 0 Å². The molecule has 0 aromatic heterocycles. The molecule has 0 bridgehead atoms. The summed E-state index contributed by atoms with van der Waals surface area (Å²) in [6.07, 6.45) is 0.795. The Bertz CT molecular complexity index is 372. The molecule has 0 radical (unpaired) electrons. The number of hydrogen-bond donors (Lipinski definition) is 0. The predicted molar refractivity (Wildman–Crippen MR) is 62.9 cm³/mol. The standard InChI is InChI=1S/C12H16O7/c1-8(14)17-7-12(19-10(3)16)11(5-4-6-13)18-9(2)15/h4-6,11-12H,7H2,1-3H3/b5-4+/t11-,12+/m0/s1. The Balaban J connectivity index is 4.91. The molecule has 7 nitrogen and oxygen atoms in total. The van der Waals surface area contributed by atoms with E-state index in [1.165, 1.54) is 19.9 Å². The van der Waals surface area contributed by atoms with Crippen molar-refractivity contribution in [2.24, 2.45) is 0 Å². The van der Waals surface area contributed by atoms with Crippen molar-refractivity contribution in [3.63, 3.8) is 0 Å². The smallest absolute Gasteiger partial charge is 0.303 e. The van der Waals surface area contributed by atoms with Gasteiger partial charge in [-0.3, -0.25) is 19.2 Å². The van der Waals surface area contributed by atoms with Crippen LogP contribution in [0.25, 0.3) is 0 Å². The third kappa shape index (κ3) is 8.53. The van der Waals surface area contributed by atoms with Crippen molar-refractivity contribution in [2.75, 3.05) is 6.61 Å². The van der Waals surface area contributed by atoms with Crippen LogP contribution in [0.15, 0.2) is 12.2 Å². The summed E-state index contributed by atoms with van der Waals surface area (Å²) in [4.78, 5) is 43.0. The Hall–Kier alpha value is -2.18. The lowest BCUT2D eigenvalue weighted by Crippen LogP contribution is -2.37. The van der Waals surface area contributed by atoms with Gasteiger partial charge in [-0.05, 0) is 12.2 Å². The Kier molecular flexibility index (Phi) is 7.83. The van der Waals surface area contributed by atoms with Crippen LogP contribution in [0, 0.1) is 0 Å². The van der Waals surface area contributed by atoms with Crippen LogP contribution in [0.2, 0.25) is 0 Å². The fraction of sp³-hybridized carbons (Fsp3) is 0.500. The molecular formula is C12H16O7. The zero-order chi connectivity index (χ0) is 14.8. The van der Waals surface area contributed by atoms with Gasteiger partial charge in [-0.15, -0.1) is 0 Å². The van der Waals surface area contributed by atoms with Gasteiger partial charge in [0.15, 0.2) is 12.2 Å². The fourth-order valence-electron chi connectivity index (χ4n) is 1.19. The molecule has 0 rings (SSSR count). The molecule has 0 N–H and O–H groups in total. The average molecular weight is 272 g/mol. The van der Waals surface area contributed by atoms with E-state index in [0.29, 0.717) is 6.29 Å². The summed E-state index contributed by atoms with van der Waals surface area (Å²) >= 11 is 0. The zero-order valence-electron chi connectivity index (χ0n) is 11.0. The number of aldehydes is 1. The minimum atomic E-state index is -1.01. The van der Waals surface area contributed by atoms with Gasteiger partial charge in [-0.2, -0.15) is 0 Å². The topological polar surface area (TPSA) is 96.0 Å². The number of allylic oxidation sites excluding steroid dienone is 1. The molecule has 0 aliphatic carbocycles. The lowest BCUT2D eigenvalue weighted by molar-refractivity contribution is -0.169. The average Bonchev–Trinajstić information content (AvgIpc) is 2.28. The van der Waals surface area contributed by atoms with Gasteiger partial charge in [-0.1, -0.05) is 0 Å². The van der Waals surface area contributed by atoms with Gasteiger partial charge in [0.25, 0.3) is 0 Å². The lowest BCUT2D eigenvalue weighted by Gasteiger charge is -2.23. The highest BCUT2D eigenvalue weighted by Gasteiger charge is 2.26. The van der Waals surface area contributed by atoms with Crippen molar-refractivity contribution in [3.05, 3.63) is 12.2 Å². The second kappa shape index (κ2) is 8.84. The van der Waals surface area contributed by atoms with E-state index >= 15 is 0 Å². The van der Waals surface area contributed by atoms with Gasteiger partial charge in [0.1, 0.15) is 12.9 Å². The molecule has 0 spiro atoms. The molecule has 19 heavy (non-hydrogen) atoms. The summed E-state index contributed by atoms with van der Waals surface area (Å²) in [7, 11) is 0. The molecule has 0 saturated heterocycles. The summed E-state index contributed by atoms with van der Waals surface area (Å²) in [5.41, 5.74) is 0. The first-order valence-corrected chi connectivity index (χ1v) is 5.46. The van der Waals surface area contributed by atoms with Crippen molar-refractivity contribution in [1.82, 2.24) is 0 Å². The molecule has 7 heteroatoms. The van der Waals surface area contributed by atoms with Crippen molar-refractivity contribution in [3.8, 4) is 0 Å². The van der Waals surface area contributed by atoms with Crippen LogP contribution >= 0.6 is 0 Å². The maximum absolute atomic E-state index is 11.0. The number of esters is 3. The van der Waals surface area contributed by atoms with Crippen molar-refractivity contribution >= 4 is 24.2 Å². The van der Waals surface area contributed by atoms with Gasteiger partial charge in [-0.25, -0.2) is 0 Å². The second-order valence-electron chi connectivity index (χ2n) is 3.55. The highest BCUT2D eigenvalue weighted by molar-refractivity contribution is 5.69. The molecule has 0 aliphatic heterocycles. The maximum Gasteiger partial charge on any atom is 0.303 e. The van der Waals surface area contributed by atoms with Gasteiger partial charge in [0.05, 0.1) is 0 Å². The predicted octanol–water partition coefficient (Wildman–Crippen LogP) is 0.168. The number of hydrogen-bond acceptors (Lipinski definition) is 7. The van der Waals surface area contributed by atoms with Gasteiger partial charge in [0.2, 0.25) is 0 Å². The van der Waals surface area contributed by atoms with Crippen molar-refractivity contribution < 1.29 is 33.4 Å². The van der Waals surface area contributed by atoms with Gasteiger partial charge < -0.3 is 14.2 Å². The first kappa shape index (κ1) is 16.8. The molecule has 0 aliphatic rings. The van der Waals surface area contributed by atoms with E-state index in [4.69, 9.17) is 14.2 Å². The summed E-state index contributed by atoms with van der Waals surface area (Å²) in [5.74, 6) is -1.83. The van der Waals surface area contributed by atoms with Crippen LogP contribution in [-0.2, 0) is 33.4 Å². The van der Waals surface area contributed by atoms with Gasteiger partial charge >= 0.3 is 17.9 Å². The fourth-order valence-corrected chi connectivity index (χ4v) is 1.19. The SMILES string of the molecule is CC(=O)OC[C@@H](OC(C)=O)[C@H](/C=C/C=O)OC(C)=O. The summed E-state index contributed by atoms with van der Waals surface area (Å²) in [6, 6.07) is 0. The highest BCUT2D eigenvalue weighted by atomic mass is 16.6. The molecule has 0 amide bonds. The van der Waals surface area contributed by atoms with Crippen LogP contribution in [0.5, 0.6) is 0 Å². The number of rotatable bonds is 7. The molecule has 0 aromatic rings. The van der Waals surface area contributed by atoms with Crippen LogP contribution in [-0.4, -0.2) is 43.0 Å². The Morgan fingerprint density at radius 1 is 1.00 bits per heavy atom. The van der Waals surface area contributed by atoms with Crippen LogP contribution in [0.4, 0.5) is 0 Å². The molecule has 0 aromatic carbocycles. The number of carbonyl (C=O) groups excluding carboxylic acids is 4. The third-order valence-corrected chi connectivity index (χ3v) is 1.82. The molecule has 2 atom stereocenters. The summed E-state index contributed by atoms with van der Waals surface area (Å²) < 4.78 is 14.5. The van der Waals surface area contributed by atoms with E-state index in [2.05, 4.69) is 0 Å². The maximum atomic E-state index is 11.0.